The Bertz CT molecular complexity index is 2430. The van der Waals surface area contributed by atoms with Crippen molar-refractivity contribution in [1.82, 2.24) is 41.0 Å². The number of hydrogen-bond acceptors (Lipinski definition) is 10. The zero-order chi connectivity index (χ0) is 43.9. The van der Waals surface area contributed by atoms with E-state index in [1.165, 1.54) is 5.56 Å². The van der Waals surface area contributed by atoms with Crippen LogP contribution in [0.5, 0.6) is 0 Å². The number of carbonyl (C=O) groups excluding carboxylic acids is 5. The molecule has 8 rings (SSSR count). The Morgan fingerprint density at radius 3 is 2.40 bits per heavy atom. The van der Waals surface area contributed by atoms with E-state index in [-0.39, 0.29) is 36.2 Å². The molecule has 63 heavy (non-hydrogen) atoms. The number of amides is 6. The summed E-state index contributed by atoms with van der Waals surface area (Å²) >= 11 is 0. The van der Waals surface area contributed by atoms with Crippen LogP contribution in [0.4, 0.5) is 27.9 Å². The van der Waals surface area contributed by atoms with Gasteiger partial charge in [-0.3, -0.25) is 24.5 Å². The van der Waals surface area contributed by atoms with Crippen molar-refractivity contribution in [2.75, 3.05) is 37.3 Å². The first-order valence-corrected chi connectivity index (χ1v) is 22.0. The van der Waals surface area contributed by atoms with E-state index in [1.807, 2.05) is 54.3 Å². The molecule has 0 spiro atoms. The summed E-state index contributed by atoms with van der Waals surface area (Å²) in [7, 11) is 1.60. The van der Waals surface area contributed by atoms with Crippen molar-refractivity contribution >= 4 is 52.8 Å². The van der Waals surface area contributed by atoms with Crippen LogP contribution in [0.1, 0.15) is 107 Å². The summed E-state index contributed by atoms with van der Waals surface area (Å²) in [5.74, 6) is 6.82. The molecule has 3 fully saturated rings. The molecular weight excluding hydrogens is 797 g/mol. The van der Waals surface area contributed by atoms with Gasteiger partial charge in [0, 0.05) is 86.7 Å². The van der Waals surface area contributed by atoms with Gasteiger partial charge >= 0.3 is 6.03 Å². The average molecular weight is 851 g/mol. The molecule has 3 aromatic carbocycles. The second-order valence-corrected chi connectivity index (χ2v) is 16.7. The summed E-state index contributed by atoms with van der Waals surface area (Å²) in [4.78, 5) is 75.5. The smallest absolute Gasteiger partial charge is 0.317 e. The zero-order valence-electron chi connectivity index (χ0n) is 35.8. The summed E-state index contributed by atoms with van der Waals surface area (Å²) in [6.07, 6.45) is 8.58. The number of imide groups is 1. The molecule has 15 heteroatoms. The second kappa shape index (κ2) is 19.5. The van der Waals surface area contributed by atoms with E-state index in [0.29, 0.717) is 73.0 Å². The summed E-state index contributed by atoms with van der Waals surface area (Å²) in [5.41, 5.74) is 6.33. The van der Waals surface area contributed by atoms with Crippen LogP contribution < -0.4 is 31.9 Å². The van der Waals surface area contributed by atoms with E-state index in [2.05, 4.69) is 65.8 Å². The van der Waals surface area contributed by atoms with E-state index >= 15 is 0 Å². The van der Waals surface area contributed by atoms with E-state index < -0.39 is 11.9 Å². The minimum absolute atomic E-state index is 0.0260. The molecule has 15 nitrogen and oxygen atoms in total. The fourth-order valence-corrected chi connectivity index (χ4v) is 8.97. The van der Waals surface area contributed by atoms with Crippen LogP contribution >= 0.6 is 0 Å². The monoisotopic (exact) mass is 850 g/mol. The Morgan fingerprint density at radius 1 is 0.873 bits per heavy atom. The van der Waals surface area contributed by atoms with Crippen molar-refractivity contribution in [3.05, 3.63) is 106 Å². The van der Waals surface area contributed by atoms with Gasteiger partial charge in [0.25, 0.3) is 11.8 Å². The van der Waals surface area contributed by atoms with Gasteiger partial charge in [-0.05, 0) is 105 Å². The third kappa shape index (κ3) is 10.1. The maximum absolute atomic E-state index is 13.3. The minimum atomic E-state index is -0.647. The second-order valence-electron chi connectivity index (χ2n) is 16.7. The van der Waals surface area contributed by atoms with Crippen LogP contribution in [-0.4, -0.2) is 94.2 Å². The van der Waals surface area contributed by atoms with Crippen molar-refractivity contribution in [2.45, 2.75) is 95.3 Å². The number of aromatic nitrogens is 2. The number of para-hydroxylation sites is 1. The van der Waals surface area contributed by atoms with Gasteiger partial charge in [-0.2, -0.15) is 4.98 Å². The lowest BCUT2D eigenvalue weighted by Crippen LogP contribution is -2.52. The van der Waals surface area contributed by atoms with E-state index in [9.17, 15) is 24.0 Å². The molecule has 6 N–H and O–H groups in total. The van der Waals surface area contributed by atoms with Crippen LogP contribution in [0.25, 0.3) is 0 Å². The summed E-state index contributed by atoms with van der Waals surface area (Å²) in [5, 5.41) is 18.6. The largest absolute Gasteiger partial charge is 0.355 e. The Kier molecular flexibility index (Phi) is 13.3. The molecule has 1 saturated carbocycles. The highest BCUT2D eigenvalue weighted by molar-refractivity contribution is 6.05. The van der Waals surface area contributed by atoms with Crippen molar-refractivity contribution in [1.29, 1.82) is 0 Å². The fourth-order valence-electron chi connectivity index (χ4n) is 8.97. The van der Waals surface area contributed by atoms with Gasteiger partial charge in [0.05, 0.1) is 11.3 Å². The highest BCUT2D eigenvalue weighted by Gasteiger charge is 2.39. The maximum atomic E-state index is 13.3. The van der Waals surface area contributed by atoms with Crippen LogP contribution in [0.3, 0.4) is 0 Å². The number of piperidine rings is 2. The van der Waals surface area contributed by atoms with Gasteiger partial charge in [-0.1, -0.05) is 42.2 Å². The summed E-state index contributed by atoms with van der Waals surface area (Å²) in [6.45, 7) is 4.40. The van der Waals surface area contributed by atoms with Crippen molar-refractivity contribution in [3.63, 3.8) is 0 Å². The first kappa shape index (κ1) is 42.9. The standard InChI is InChI=1S/C48H54N10O5/c1-30-28-51-47(56-43(30)54-40-12-4-3-10-38(40)44(60)49-2)52-35-15-13-31(14-16-35)32-23-26-57(27-24-32)48(63)53-36-19-17-34(18-20-36)50-25-6-5-8-33-9-7-11-37-39(33)29-58(46(37)62)41-21-22-42(59)55-45(41)61/h3-4,7,9-16,28,32,34,36,41,50H,6,17-27,29H2,1-2H3,(H,49,60)(H,53,63)(H,55,59,61)(H2,51,52,54,56)/t34-,36-,41?. The molecule has 2 saturated heterocycles. The van der Waals surface area contributed by atoms with Gasteiger partial charge in [-0.15, -0.1) is 0 Å². The van der Waals surface area contributed by atoms with Crippen LogP contribution in [0.15, 0.2) is 72.9 Å². The third-order valence-electron chi connectivity index (χ3n) is 12.6. The predicted octanol–water partition coefficient (Wildman–Crippen LogP) is 5.62. The molecule has 0 bridgehead atoms. The van der Waals surface area contributed by atoms with Crippen LogP contribution in [0, 0.1) is 18.8 Å². The van der Waals surface area contributed by atoms with Crippen molar-refractivity contribution < 1.29 is 24.0 Å². The van der Waals surface area contributed by atoms with Crippen molar-refractivity contribution in [2.24, 2.45) is 0 Å². The van der Waals surface area contributed by atoms with Gasteiger partial charge in [0.1, 0.15) is 11.9 Å². The minimum Gasteiger partial charge on any atom is -0.355 e. The SMILES string of the molecule is CNC(=O)c1ccccc1Nc1nc(Nc2ccc(C3CCN(C(=O)N[C@H]4CC[C@H](NCCC#Cc5cccc6c5CN(C5CCC(=O)NC5=O)C6=O)CC4)CC3)cc2)ncc1C. The number of fused-ring (bicyclic) bond motifs is 1. The Morgan fingerprint density at radius 2 is 1.63 bits per heavy atom. The summed E-state index contributed by atoms with van der Waals surface area (Å²) < 4.78 is 0. The quantitative estimate of drug-likeness (QED) is 0.0628. The molecule has 326 valence electrons. The molecule has 6 amide bonds. The molecule has 0 radical (unpaired) electrons. The molecule has 4 aliphatic rings. The first-order valence-electron chi connectivity index (χ1n) is 22.0. The van der Waals surface area contributed by atoms with E-state index in [1.54, 1.807) is 30.3 Å². The van der Waals surface area contributed by atoms with Gasteiger partial charge in [-0.25, -0.2) is 9.78 Å². The molecule has 4 aromatic rings. The first-order chi connectivity index (χ1) is 30.6. The number of carbonyl (C=O) groups is 5. The highest BCUT2D eigenvalue weighted by Crippen LogP contribution is 2.32. The molecule has 1 aromatic heterocycles. The van der Waals surface area contributed by atoms with Crippen molar-refractivity contribution in [3.8, 4) is 11.8 Å². The number of rotatable bonds is 11. The third-order valence-corrected chi connectivity index (χ3v) is 12.6. The number of benzene rings is 3. The lowest BCUT2D eigenvalue weighted by molar-refractivity contribution is -0.136. The molecule has 1 aliphatic carbocycles. The number of urea groups is 1. The normalized spacial score (nSPS) is 20.0. The molecule has 1 unspecified atom stereocenters. The Balaban J connectivity index is 0.737. The van der Waals surface area contributed by atoms with Gasteiger partial charge in [0.15, 0.2) is 0 Å². The number of aryl methyl sites for hydroxylation is 1. The number of nitrogens with zero attached hydrogens (tertiary/aromatic N) is 4. The molecule has 1 atom stereocenters. The molecule has 3 aliphatic heterocycles. The number of nitrogens with one attached hydrogen (secondary N) is 6. The maximum Gasteiger partial charge on any atom is 0.317 e. The Labute approximate surface area is 367 Å². The Hall–Kier alpha value is -6.79. The summed E-state index contributed by atoms with van der Waals surface area (Å²) in [6, 6.07) is 21.1. The number of likely N-dealkylation sites (tertiary alicyclic amines) is 1. The topological polar surface area (TPSA) is 190 Å². The molecule has 4 heterocycles. The zero-order valence-corrected chi connectivity index (χ0v) is 35.8. The fraction of sp³-hybridized carbons (Fsp3) is 0.396. The van der Waals surface area contributed by atoms with Crippen LogP contribution in [0.2, 0.25) is 0 Å². The van der Waals surface area contributed by atoms with Crippen LogP contribution in [-0.2, 0) is 16.1 Å². The number of hydrogen-bond donors (Lipinski definition) is 6. The predicted molar refractivity (Wildman–Crippen MR) is 240 cm³/mol. The van der Waals surface area contributed by atoms with Gasteiger partial charge < -0.3 is 36.4 Å². The number of anilines is 4. The highest BCUT2D eigenvalue weighted by atomic mass is 16.2. The van der Waals surface area contributed by atoms with Gasteiger partial charge in [0.2, 0.25) is 17.8 Å². The van der Waals surface area contributed by atoms with E-state index in [0.717, 1.165) is 67.4 Å². The molecular formula is C48H54N10O5. The average Bonchev–Trinajstić information content (AvgIpc) is 3.64. The lowest BCUT2D eigenvalue weighted by Gasteiger charge is -2.35. The van der Waals surface area contributed by atoms with E-state index in [4.69, 9.17) is 0 Å². The lowest BCUT2D eigenvalue weighted by atomic mass is 9.89.